The van der Waals surface area contributed by atoms with Crippen molar-refractivity contribution in [2.24, 2.45) is 11.1 Å². The Hall–Kier alpha value is -0.890. The van der Waals surface area contributed by atoms with E-state index in [4.69, 9.17) is 5.73 Å². The zero-order chi connectivity index (χ0) is 12.5. The van der Waals surface area contributed by atoms with Crippen LogP contribution in [0.3, 0.4) is 0 Å². The van der Waals surface area contributed by atoms with Gasteiger partial charge < -0.3 is 5.73 Å². The van der Waals surface area contributed by atoms with Gasteiger partial charge in [-0.1, -0.05) is 25.8 Å². The summed E-state index contributed by atoms with van der Waals surface area (Å²) in [7, 11) is 0. The monoisotopic (exact) mass is 235 g/mol. The molecule has 0 bridgehead atoms. The third-order valence-corrected chi connectivity index (χ3v) is 4.39. The number of nitrogens with two attached hydrogens (primary N) is 1. The molecule has 1 aliphatic carbocycles. The second-order valence-electron chi connectivity index (χ2n) is 5.46. The van der Waals surface area contributed by atoms with E-state index in [2.05, 4.69) is 6.92 Å². The Morgan fingerprint density at radius 3 is 2.47 bits per heavy atom. The van der Waals surface area contributed by atoms with Gasteiger partial charge in [0.1, 0.15) is 5.82 Å². The molecule has 2 N–H and O–H groups in total. The predicted octanol–water partition coefficient (Wildman–Crippen LogP) is 4.10. The first kappa shape index (κ1) is 12.6. The minimum atomic E-state index is -0.167. The molecule has 1 fully saturated rings. The van der Waals surface area contributed by atoms with Crippen molar-refractivity contribution in [3.63, 3.8) is 0 Å². The van der Waals surface area contributed by atoms with Crippen LogP contribution in [0.4, 0.5) is 4.39 Å². The van der Waals surface area contributed by atoms with Crippen LogP contribution in [0.2, 0.25) is 0 Å². The van der Waals surface area contributed by atoms with Crippen molar-refractivity contribution < 1.29 is 4.39 Å². The molecule has 1 saturated carbocycles. The fraction of sp³-hybridized carbons (Fsp3) is 0.600. The zero-order valence-electron chi connectivity index (χ0n) is 10.8. The fourth-order valence-electron chi connectivity index (χ4n) is 3.26. The van der Waals surface area contributed by atoms with E-state index < -0.39 is 0 Å². The van der Waals surface area contributed by atoms with Gasteiger partial charge in [-0.3, -0.25) is 0 Å². The normalized spacial score (nSPS) is 20.5. The molecule has 1 atom stereocenters. The molecule has 1 nitrogen and oxygen atoms in total. The lowest BCUT2D eigenvalue weighted by atomic mass is 9.74. The summed E-state index contributed by atoms with van der Waals surface area (Å²) in [6.45, 7) is 4.13. The van der Waals surface area contributed by atoms with Crippen LogP contribution in [0.5, 0.6) is 0 Å². The summed E-state index contributed by atoms with van der Waals surface area (Å²) in [4.78, 5) is 0. The highest BCUT2D eigenvalue weighted by Crippen LogP contribution is 2.48. The average Bonchev–Trinajstić information content (AvgIpc) is 2.76. The summed E-state index contributed by atoms with van der Waals surface area (Å²) in [5.41, 5.74) is 8.53. The molecule has 0 saturated heterocycles. The van der Waals surface area contributed by atoms with Gasteiger partial charge in [-0.2, -0.15) is 0 Å². The molecule has 2 rings (SSSR count). The van der Waals surface area contributed by atoms with Crippen molar-refractivity contribution in [1.82, 2.24) is 0 Å². The predicted molar refractivity (Wildman–Crippen MR) is 69.3 cm³/mol. The van der Waals surface area contributed by atoms with E-state index in [1.165, 1.54) is 25.7 Å². The SMILES string of the molecule is CCC1(C(N)c2cc(C)cc(F)c2)CCCC1. The second kappa shape index (κ2) is 4.77. The molecule has 1 aromatic carbocycles. The Labute approximate surface area is 103 Å². The van der Waals surface area contributed by atoms with Crippen molar-refractivity contribution >= 4 is 0 Å². The molecule has 94 valence electrons. The van der Waals surface area contributed by atoms with Crippen molar-refractivity contribution in [2.45, 2.75) is 52.0 Å². The first-order chi connectivity index (χ1) is 8.07. The Morgan fingerprint density at radius 1 is 1.29 bits per heavy atom. The Morgan fingerprint density at radius 2 is 1.94 bits per heavy atom. The van der Waals surface area contributed by atoms with E-state index >= 15 is 0 Å². The van der Waals surface area contributed by atoms with Gasteiger partial charge in [-0.25, -0.2) is 4.39 Å². The van der Waals surface area contributed by atoms with Gasteiger partial charge >= 0.3 is 0 Å². The lowest BCUT2D eigenvalue weighted by Crippen LogP contribution is -2.31. The van der Waals surface area contributed by atoms with Gasteiger partial charge in [0.2, 0.25) is 0 Å². The van der Waals surface area contributed by atoms with Crippen molar-refractivity contribution in [2.75, 3.05) is 0 Å². The Kier molecular flexibility index (Phi) is 3.53. The molecule has 1 aliphatic rings. The van der Waals surface area contributed by atoms with Gasteiger partial charge in [0.15, 0.2) is 0 Å². The quantitative estimate of drug-likeness (QED) is 0.838. The van der Waals surface area contributed by atoms with Crippen LogP contribution in [-0.4, -0.2) is 0 Å². The van der Waals surface area contributed by atoms with Gasteiger partial charge in [0.25, 0.3) is 0 Å². The summed E-state index contributed by atoms with van der Waals surface area (Å²) >= 11 is 0. The van der Waals surface area contributed by atoms with E-state index in [9.17, 15) is 4.39 Å². The molecule has 0 amide bonds. The highest BCUT2D eigenvalue weighted by atomic mass is 19.1. The van der Waals surface area contributed by atoms with E-state index in [-0.39, 0.29) is 17.3 Å². The number of halogens is 1. The summed E-state index contributed by atoms with van der Waals surface area (Å²) in [6.07, 6.45) is 5.97. The minimum absolute atomic E-state index is 0.0237. The molecule has 1 aromatic rings. The van der Waals surface area contributed by atoms with Gasteiger partial charge in [0.05, 0.1) is 0 Å². The van der Waals surface area contributed by atoms with Crippen molar-refractivity contribution in [1.29, 1.82) is 0 Å². The summed E-state index contributed by atoms with van der Waals surface area (Å²) in [6, 6.07) is 5.17. The number of aryl methyl sites for hydroxylation is 1. The number of rotatable bonds is 3. The second-order valence-corrected chi connectivity index (χ2v) is 5.46. The smallest absolute Gasteiger partial charge is 0.123 e. The molecule has 2 heteroatoms. The fourth-order valence-corrected chi connectivity index (χ4v) is 3.26. The van der Waals surface area contributed by atoms with Crippen LogP contribution in [0, 0.1) is 18.2 Å². The topological polar surface area (TPSA) is 26.0 Å². The van der Waals surface area contributed by atoms with Gasteiger partial charge in [-0.05, 0) is 54.9 Å². The maximum absolute atomic E-state index is 13.4. The molecule has 0 spiro atoms. The molecular formula is C15H22FN. The lowest BCUT2D eigenvalue weighted by Gasteiger charge is -2.34. The highest BCUT2D eigenvalue weighted by molar-refractivity contribution is 5.27. The van der Waals surface area contributed by atoms with E-state index in [1.54, 1.807) is 12.1 Å². The van der Waals surface area contributed by atoms with Gasteiger partial charge in [0, 0.05) is 6.04 Å². The number of benzene rings is 1. The molecule has 0 radical (unpaired) electrons. The maximum Gasteiger partial charge on any atom is 0.123 e. The van der Waals surface area contributed by atoms with E-state index in [1.807, 2.05) is 13.0 Å². The van der Waals surface area contributed by atoms with Crippen LogP contribution in [0.25, 0.3) is 0 Å². The molecule has 0 aromatic heterocycles. The van der Waals surface area contributed by atoms with Crippen LogP contribution in [0.1, 0.15) is 56.2 Å². The van der Waals surface area contributed by atoms with Crippen molar-refractivity contribution in [3.05, 3.63) is 35.1 Å². The third kappa shape index (κ3) is 2.37. The van der Waals surface area contributed by atoms with Crippen LogP contribution >= 0.6 is 0 Å². The summed E-state index contributed by atoms with van der Waals surface area (Å²) in [5, 5.41) is 0. The van der Waals surface area contributed by atoms with Crippen LogP contribution in [-0.2, 0) is 0 Å². The zero-order valence-corrected chi connectivity index (χ0v) is 10.8. The molecule has 1 unspecified atom stereocenters. The first-order valence-electron chi connectivity index (χ1n) is 6.60. The Bertz CT molecular complexity index is 374. The molecule has 0 heterocycles. The standard InChI is InChI=1S/C15H22FN/c1-3-15(6-4-5-7-15)14(17)12-8-11(2)9-13(16)10-12/h8-10,14H,3-7,17H2,1-2H3. The third-order valence-electron chi connectivity index (χ3n) is 4.39. The van der Waals surface area contributed by atoms with Crippen LogP contribution in [0.15, 0.2) is 18.2 Å². The largest absolute Gasteiger partial charge is 0.323 e. The van der Waals surface area contributed by atoms with Crippen LogP contribution < -0.4 is 5.73 Å². The minimum Gasteiger partial charge on any atom is -0.323 e. The summed E-state index contributed by atoms with van der Waals surface area (Å²) in [5.74, 6) is -0.167. The Balaban J connectivity index is 2.32. The molecule has 17 heavy (non-hydrogen) atoms. The summed E-state index contributed by atoms with van der Waals surface area (Å²) < 4.78 is 13.4. The highest BCUT2D eigenvalue weighted by Gasteiger charge is 2.38. The van der Waals surface area contributed by atoms with Gasteiger partial charge in [-0.15, -0.1) is 0 Å². The maximum atomic E-state index is 13.4. The average molecular weight is 235 g/mol. The molecular weight excluding hydrogens is 213 g/mol. The van der Waals surface area contributed by atoms with Crippen molar-refractivity contribution in [3.8, 4) is 0 Å². The molecule has 0 aliphatic heterocycles. The first-order valence-corrected chi connectivity index (χ1v) is 6.60. The lowest BCUT2D eigenvalue weighted by molar-refractivity contribution is 0.222. The number of hydrogen-bond acceptors (Lipinski definition) is 1. The van der Waals surface area contributed by atoms with E-state index in [0.29, 0.717) is 0 Å². The van der Waals surface area contributed by atoms with E-state index in [0.717, 1.165) is 17.5 Å². The number of hydrogen-bond donors (Lipinski definition) is 1.